The third-order valence-corrected chi connectivity index (χ3v) is 4.34. The summed E-state index contributed by atoms with van der Waals surface area (Å²) in [4.78, 5) is 25.4. The summed E-state index contributed by atoms with van der Waals surface area (Å²) in [5, 5.41) is 7.16. The molecule has 0 radical (unpaired) electrons. The van der Waals surface area contributed by atoms with E-state index in [1.54, 1.807) is 34.6 Å². The number of carbonyl (C=O) groups excluding carboxylic acids is 2. The molecule has 0 aromatic carbocycles. The SMILES string of the molecule is CCOC(=O)C1=C(C)NC(C)=C(C(=O)OCC)C1c1c(C)noc1CC. The Morgan fingerprint density at radius 1 is 1.00 bits per heavy atom. The van der Waals surface area contributed by atoms with Crippen LogP contribution in [0.4, 0.5) is 0 Å². The Kier molecular flexibility index (Phi) is 6.23. The van der Waals surface area contributed by atoms with E-state index in [0.29, 0.717) is 40.4 Å². The number of allylic oxidation sites excluding steroid dienone is 2. The molecular weight excluding hydrogens is 336 g/mol. The first-order chi connectivity index (χ1) is 12.4. The van der Waals surface area contributed by atoms with Crippen molar-refractivity contribution in [3.63, 3.8) is 0 Å². The number of esters is 2. The van der Waals surface area contributed by atoms with Gasteiger partial charge in [-0.05, 0) is 34.6 Å². The molecule has 0 bridgehead atoms. The van der Waals surface area contributed by atoms with E-state index in [9.17, 15) is 9.59 Å². The van der Waals surface area contributed by atoms with E-state index in [1.807, 2.05) is 6.92 Å². The van der Waals surface area contributed by atoms with Crippen molar-refractivity contribution in [2.75, 3.05) is 13.2 Å². The van der Waals surface area contributed by atoms with Crippen LogP contribution in [0, 0.1) is 6.92 Å². The number of carbonyl (C=O) groups is 2. The molecule has 1 N–H and O–H groups in total. The maximum atomic E-state index is 12.7. The summed E-state index contributed by atoms with van der Waals surface area (Å²) < 4.78 is 15.9. The van der Waals surface area contributed by atoms with Gasteiger partial charge < -0.3 is 19.3 Å². The van der Waals surface area contributed by atoms with E-state index < -0.39 is 17.9 Å². The first-order valence-corrected chi connectivity index (χ1v) is 8.85. The molecule has 0 aliphatic carbocycles. The van der Waals surface area contributed by atoms with Crippen molar-refractivity contribution < 1.29 is 23.6 Å². The molecule has 2 heterocycles. The molecule has 7 nitrogen and oxygen atoms in total. The van der Waals surface area contributed by atoms with Crippen molar-refractivity contribution in [1.29, 1.82) is 0 Å². The minimum Gasteiger partial charge on any atom is -0.463 e. The minimum atomic E-state index is -0.643. The number of nitrogens with one attached hydrogen (secondary N) is 1. The van der Waals surface area contributed by atoms with Crippen molar-refractivity contribution >= 4 is 11.9 Å². The molecule has 0 saturated heterocycles. The number of rotatable bonds is 6. The van der Waals surface area contributed by atoms with Gasteiger partial charge in [-0.15, -0.1) is 0 Å². The van der Waals surface area contributed by atoms with Crippen LogP contribution in [0.1, 0.15) is 57.6 Å². The fraction of sp³-hybridized carbons (Fsp3) is 0.526. The Morgan fingerprint density at radius 2 is 1.50 bits per heavy atom. The second-order valence-corrected chi connectivity index (χ2v) is 6.03. The van der Waals surface area contributed by atoms with E-state index in [-0.39, 0.29) is 13.2 Å². The van der Waals surface area contributed by atoms with Crippen LogP contribution in [0.25, 0.3) is 0 Å². The van der Waals surface area contributed by atoms with Gasteiger partial charge in [0.05, 0.1) is 36.0 Å². The smallest absolute Gasteiger partial charge is 0.336 e. The Labute approximate surface area is 153 Å². The molecular formula is C19H26N2O5. The summed E-state index contributed by atoms with van der Waals surface area (Å²) in [6.45, 7) is 11.3. The van der Waals surface area contributed by atoms with Gasteiger partial charge in [0.2, 0.25) is 0 Å². The predicted molar refractivity (Wildman–Crippen MR) is 95.2 cm³/mol. The van der Waals surface area contributed by atoms with Crippen molar-refractivity contribution in [2.24, 2.45) is 0 Å². The average molecular weight is 362 g/mol. The molecule has 1 aromatic rings. The van der Waals surface area contributed by atoms with Gasteiger partial charge in [-0.3, -0.25) is 0 Å². The quantitative estimate of drug-likeness (QED) is 0.778. The van der Waals surface area contributed by atoms with E-state index in [2.05, 4.69) is 10.5 Å². The molecule has 1 aliphatic heterocycles. The predicted octanol–water partition coefficient (Wildman–Crippen LogP) is 2.91. The lowest BCUT2D eigenvalue weighted by molar-refractivity contribution is -0.139. The summed E-state index contributed by atoms with van der Waals surface area (Å²) in [7, 11) is 0. The van der Waals surface area contributed by atoms with E-state index in [4.69, 9.17) is 14.0 Å². The average Bonchev–Trinajstić information content (AvgIpc) is 2.94. The van der Waals surface area contributed by atoms with Crippen LogP contribution < -0.4 is 5.32 Å². The fourth-order valence-corrected chi connectivity index (χ4v) is 3.29. The lowest BCUT2D eigenvalue weighted by Gasteiger charge is -2.30. The van der Waals surface area contributed by atoms with Crippen molar-refractivity contribution in [3.05, 3.63) is 39.6 Å². The van der Waals surface area contributed by atoms with Gasteiger partial charge in [0.25, 0.3) is 0 Å². The Bertz CT molecular complexity index is 733. The van der Waals surface area contributed by atoms with Gasteiger partial charge in [0.1, 0.15) is 5.76 Å². The molecule has 0 amide bonds. The number of hydrogen-bond donors (Lipinski definition) is 1. The largest absolute Gasteiger partial charge is 0.463 e. The second kappa shape index (κ2) is 8.21. The zero-order valence-electron chi connectivity index (χ0n) is 16.2. The first kappa shape index (κ1) is 19.8. The minimum absolute atomic E-state index is 0.239. The molecule has 7 heteroatoms. The van der Waals surface area contributed by atoms with Crippen LogP contribution in [0.15, 0.2) is 27.1 Å². The maximum Gasteiger partial charge on any atom is 0.336 e. The van der Waals surface area contributed by atoms with Crippen LogP contribution in [0.5, 0.6) is 0 Å². The molecule has 0 atom stereocenters. The van der Waals surface area contributed by atoms with E-state index in [0.717, 1.165) is 5.56 Å². The van der Waals surface area contributed by atoms with Crippen LogP contribution >= 0.6 is 0 Å². The van der Waals surface area contributed by atoms with Gasteiger partial charge in [0.15, 0.2) is 0 Å². The van der Waals surface area contributed by atoms with Gasteiger partial charge in [0, 0.05) is 23.4 Å². The molecule has 142 valence electrons. The molecule has 0 unspecified atom stereocenters. The van der Waals surface area contributed by atoms with Gasteiger partial charge >= 0.3 is 11.9 Å². The summed E-state index contributed by atoms with van der Waals surface area (Å²) in [5.41, 5.74) is 3.39. The molecule has 1 aromatic heterocycles. The lowest BCUT2D eigenvalue weighted by atomic mass is 9.79. The number of aromatic nitrogens is 1. The summed E-state index contributed by atoms with van der Waals surface area (Å²) in [6, 6.07) is 0. The highest BCUT2D eigenvalue weighted by molar-refractivity contribution is 6.00. The fourth-order valence-electron chi connectivity index (χ4n) is 3.29. The van der Waals surface area contributed by atoms with Gasteiger partial charge in [-0.2, -0.15) is 0 Å². The first-order valence-electron chi connectivity index (χ1n) is 8.85. The highest BCUT2D eigenvalue weighted by atomic mass is 16.5. The standard InChI is InChI=1S/C19H26N2O5/c1-7-13-14(12(6)21-26-13)17-15(18(22)24-8-2)10(4)20-11(5)16(17)19(23)25-9-3/h17,20H,7-9H2,1-6H3. The molecule has 0 saturated carbocycles. The normalized spacial score (nSPS) is 15.2. The van der Waals surface area contributed by atoms with Crippen LogP contribution in [0.2, 0.25) is 0 Å². The summed E-state index contributed by atoms with van der Waals surface area (Å²) >= 11 is 0. The molecule has 1 aliphatic rings. The maximum absolute atomic E-state index is 12.7. The van der Waals surface area contributed by atoms with Gasteiger partial charge in [-0.25, -0.2) is 9.59 Å². The monoisotopic (exact) mass is 362 g/mol. The molecule has 2 rings (SSSR count). The number of nitrogens with zero attached hydrogens (tertiary/aromatic N) is 1. The van der Waals surface area contributed by atoms with Crippen molar-refractivity contribution in [2.45, 2.75) is 53.9 Å². The Morgan fingerprint density at radius 3 is 1.92 bits per heavy atom. The Hall–Kier alpha value is -2.57. The lowest BCUT2D eigenvalue weighted by Crippen LogP contribution is -2.33. The topological polar surface area (TPSA) is 90.7 Å². The van der Waals surface area contributed by atoms with Crippen LogP contribution in [0.3, 0.4) is 0 Å². The molecule has 0 spiro atoms. The van der Waals surface area contributed by atoms with Crippen LogP contribution in [-0.4, -0.2) is 30.3 Å². The second-order valence-electron chi connectivity index (χ2n) is 6.03. The number of aryl methyl sites for hydroxylation is 2. The molecule has 26 heavy (non-hydrogen) atoms. The zero-order chi connectivity index (χ0) is 19.4. The van der Waals surface area contributed by atoms with Crippen LogP contribution in [-0.2, 0) is 25.5 Å². The summed E-state index contributed by atoms with van der Waals surface area (Å²) in [6.07, 6.45) is 0.588. The highest BCUT2D eigenvalue weighted by Gasteiger charge is 2.41. The Balaban J connectivity index is 2.72. The van der Waals surface area contributed by atoms with Gasteiger partial charge in [-0.1, -0.05) is 12.1 Å². The highest BCUT2D eigenvalue weighted by Crippen LogP contribution is 2.42. The van der Waals surface area contributed by atoms with Crippen molar-refractivity contribution in [1.82, 2.24) is 10.5 Å². The zero-order valence-corrected chi connectivity index (χ0v) is 16.2. The number of ether oxygens (including phenoxy) is 2. The molecule has 0 fully saturated rings. The summed E-state index contributed by atoms with van der Waals surface area (Å²) in [5.74, 6) is -0.951. The number of hydrogen-bond acceptors (Lipinski definition) is 7. The van der Waals surface area contributed by atoms with E-state index in [1.165, 1.54) is 0 Å². The third kappa shape index (κ3) is 3.52. The third-order valence-electron chi connectivity index (χ3n) is 4.34. The van der Waals surface area contributed by atoms with Crippen molar-refractivity contribution in [3.8, 4) is 0 Å². The van der Waals surface area contributed by atoms with E-state index >= 15 is 0 Å². The number of dihydropyridines is 1.